The summed E-state index contributed by atoms with van der Waals surface area (Å²) in [6.45, 7) is 4.19. The molecule has 0 aromatic carbocycles. The second-order valence-corrected chi connectivity index (χ2v) is 4.44. The van der Waals surface area contributed by atoms with Crippen LogP contribution in [0.4, 0.5) is 0 Å². The average Bonchev–Trinajstić information content (AvgIpc) is 2.26. The Bertz CT molecular complexity index is 289. The smallest absolute Gasteiger partial charge is 0.0136 e. The summed E-state index contributed by atoms with van der Waals surface area (Å²) in [6, 6.07) is 0. The van der Waals surface area contributed by atoms with Crippen LogP contribution in [0.25, 0.3) is 0 Å². The van der Waals surface area contributed by atoms with E-state index in [0.717, 1.165) is 12.3 Å². The lowest BCUT2D eigenvalue weighted by atomic mass is 9.92. The van der Waals surface area contributed by atoms with E-state index in [9.17, 15) is 0 Å². The van der Waals surface area contributed by atoms with Crippen LogP contribution in [0.5, 0.6) is 0 Å². The Kier molecular flexibility index (Phi) is 6.64. The van der Waals surface area contributed by atoms with Gasteiger partial charge in [0, 0.05) is 0 Å². The van der Waals surface area contributed by atoms with Gasteiger partial charge < -0.3 is 0 Å². The minimum Gasteiger partial charge on any atom is -0.0916 e. The van der Waals surface area contributed by atoms with E-state index in [-0.39, 0.29) is 0 Å². The van der Waals surface area contributed by atoms with Crippen molar-refractivity contribution in [3.63, 3.8) is 0 Å². The molecule has 0 saturated carbocycles. The Balaban J connectivity index is 2.51. The van der Waals surface area contributed by atoms with Crippen LogP contribution in [-0.4, -0.2) is 0 Å². The van der Waals surface area contributed by atoms with Gasteiger partial charge in [-0.2, -0.15) is 0 Å². The van der Waals surface area contributed by atoms with Crippen LogP contribution < -0.4 is 0 Å². The lowest BCUT2D eigenvalue weighted by Gasteiger charge is -2.13. The first kappa shape index (κ1) is 13.0. The molecule has 0 aliphatic heterocycles. The monoisotopic (exact) mass is 216 g/mol. The van der Waals surface area contributed by atoms with Crippen LogP contribution in [0, 0.1) is 5.92 Å². The molecule has 0 saturated heterocycles. The molecule has 1 aliphatic rings. The molecule has 0 N–H and O–H groups in total. The maximum absolute atomic E-state index is 2.37. The summed E-state index contributed by atoms with van der Waals surface area (Å²) in [5.41, 5.74) is 1.57. The van der Waals surface area contributed by atoms with Gasteiger partial charge in [0.15, 0.2) is 0 Å². The SMILES string of the molecule is CC=CC/C1=C/C=C\C(CC=CC)CCC1. The summed E-state index contributed by atoms with van der Waals surface area (Å²) in [5.74, 6) is 0.746. The second kappa shape index (κ2) is 8.15. The molecule has 1 rings (SSSR count). The summed E-state index contributed by atoms with van der Waals surface area (Å²) in [7, 11) is 0. The quantitative estimate of drug-likeness (QED) is 0.566. The van der Waals surface area contributed by atoms with Gasteiger partial charge >= 0.3 is 0 Å². The minimum atomic E-state index is 0.746. The molecule has 0 heterocycles. The topological polar surface area (TPSA) is 0 Å². The standard InChI is InChI=1S/C16H24/c1-3-5-9-15-11-7-13-16(10-6-4-2)14-8-12-15/h3-7,11,13,15H,8-10,12,14H2,1-2H3/b5-3?,6-4?,11-7-,16-13-. The predicted molar refractivity (Wildman–Crippen MR) is 73.4 cm³/mol. The summed E-state index contributed by atoms with van der Waals surface area (Å²) in [4.78, 5) is 0. The van der Waals surface area contributed by atoms with E-state index in [1.807, 2.05) is 0 Å². The van der Waals surface area contributed by atoms with Crippen molar-refractivity contribution >= 4 is 0 Å². The molecular formula is C16H24. The highest BCUT2D eigenvalue weighted by molar-refractivity contribution is 5.17. The van der Waals surface area contributed by atoms with Gasteiger partial charge in [-0.05, 0) is 51.9 Å². The number of hydrogen-bond acceptors (Lipinski definition) is 0. The van der Waals surface area contributed by atoms with Crippen molar-refractivity contribution in [2.75, 3.05) is 0 Å². The summed E-state index contributed by atoms with van der Waals surface area (Å²) >= 11 is 0. The van der Waals surface area contributed by atoms with Crippen molar-refractivity contribution in [3.8, 4) is 0 Å². The van der Waals surface area contributed by atoms with Crippen LogP contribution >= 0.6 is 0 Å². The lowest BCUT2D eigenvalue weighted by Crippen LogP contribution is -1.98. The van der Waals surface area contributed by atoms with E-state index < -0.39 is 0 Å². The average molecular weight is 216 g/mol. The van der Waals surface area contributed by atoms with E-state index in [4.69, 9.17) is 0 Å². The van der Waals surface area contributed by atoms with Crippen molar-refractivity contribution in [3.05, 3.63) is 48.1 Å². The molecule has 0 aromatic rings. The highest BCUT2D eigenvalue weighted by Gasteiger charge is 2.05. The Hall–Kier alpha value is -1.04. The third-order valence-electron chi connectivity index (χ3n) is 3.08. The molecule has 16 heavy (non-hydrogen) atoms. The van der Waals surface area contributed by atoms with E-state index >= 15 is 0 Å². The minimum absolute atomic E-state index is 0.746. The van der Waals surface area contributed by atoms with Crippen LogP contribution in [-0.2, 0) is 0 Å². The van der Waals surface area contributed by atoms with Crippen LogP contribution in [0.3, 0.4) is 0 Å². The Labute approximate surface area is 100 Å². The number of rotatable bonds is 4. The molecule has 0 spiro atoms. The Morgan fingerprint density at radius 1 is 1.25 bits per heavy atom. The molecule has 1 atom stereocenters. The van der Waals surface area contributed by atoms with Gasteiger partial charge in [-0.25, -0.2) is 0 Å². The fourth-order valence-electron chi connectivity index (χ4n) is 2.07. The van der Waals surface area contributed by atoms with Crippen LogP contribution in [0.2, 0.25) is 0 Å². The third-order valence-corrected chi connectivity index (χ3v) is 3.08. The van der Waals surface area contributed by atoms with E-state index in [0.29, 0.717) is 0 Å². The van der Waals surface area contributed by atoms with E-state index in [1.165, 1.54) is 25.7 Å². The van der Waals surface area contributed by atoms with Gasteiger partial charge in [0.2, 0.25) is 0 Å². The first-order valence-corrected chi connectivity index (χ1v) is 6.45. The number of allylic oxidation sites excluding steroid dienone is 8. The van der Waals surface area contributed by atoms with Gasteiger partial charge in [0.05, 0.1) is 0 Å². The zero-order chi connectivity index (χ0) is 11.6. The molecule has 0 nitrogen and oxygen atoms in total. The van der Waals surface area contributed by atoms with Crippen molar-refractivity contribution in [2.24, 2.45) is 5.92 Å². The highest BCUT2D eigenvalue weighted by atomic mass is 14.1. The zero-order valence-corrected chi connectivity index (χ0v) is 10.7. The van der Waals surface area contributed by atoms with Gasteiger partial charge in [0.1, 0.15) is 0 Å². The molecular weight excluding hydrogens is 192 g/mol. The maximum atomic E-state index is 2.37. The highest BCUT2D eigenvalue weighted by Crippen LogP contribution is 2.22. The molecule has 0 bridgehead atoms. The molecule has 1 aliphatic carbocycles. The zero-order valence-electron chi connectivity index (χ0n) is 10.7. The lowest BCUT2D eigenvalue weighted by molar-refractivity contribution is 0.561. The molecule has 0 heteroatoms. The van der Waals surface area contributed by atoms with E-state index in [2.05, 4.69) is 56.4 Å². The molecule has 88 valence electrons. The van der Waals surface area contributed by atoms with Crippen molar-refractivity contribution in [1.82, 2.24) is 0 Å². The molecule has 0 fully saturated rings. The van der Waals surface area contributed by atoms with Gasteiger partial charge in [0.25, 0.3) is 0 Å². The van der Waals surface area contributed by atoms with Gasteiger partial charge in [-0.3, -0.25) is 0 Å². The van der Waals surface area contributed by atoms with Crippen LogP contribution in [0.1, 0.15) is 46.0 Å². The largest absolute Gasteiger partial charge is 0.0916 e. The first-order valence-electron chi connectivity index (χ1n) is 6.45. The van der Waals surface area contributed by atoms with Gasteiger partial charge in [-0.1, -0.05) is 48.1 Å². The second-order valence-electron chi connectivity index (χ2n) is 4.44. The Morgan fingerprint density at radius 2 is 2.06 bits per heavy atom. The van der Waals surface area contributed by atoms with Crippen molar-refractivity contribution < 1.29 is 0 Å². The van der Waals surface area contributed by atoms with Gasteiger partial charge in [-0.15, -0.1) is 0 Å². The molecule has 0 amide bonds. The normalized spacial score (nSPS) is 27.6. The van der Waals surface area contributed by atoms with Crippen molar-refractivity contribution in [2.45, 2.75) is 46.0 Å². The molecule has 1 unspecified atom stereocenters. The van der Waals surface area contributed by atoms with E-state index in [1.54, 1.807) is 5.57 Å². The molecule has 0 radical (unpaired) electrons. The fourth-order valence-corrected chi connectivity index (χ4v) is 2.07. The summed E-state index contributed by atoms with van der Waals surface area (Å²) < 4.78 is 0. The first-order chi connectivity index (χ1) is 7.86. The van der Waals surface area contributed by atoms with Crippen LogP contribution in [0.15, 0.2) is 48.1 Å². The summed E-state index contributed by atoms with van der Waals surface area (Å²) in [5, 5.41) is 0. The Morgan fingerprint density at radius 3 is 2.81 bits per heavy atom. The van der Waals surface area contributed by atoms with Crippen molar-refractivity contribution in [1.29, 1.82) is 0 Å². The molecule has 0 aromatic heterocycles. The predicted octanol–water partition coefficient (Wildman–Crippen LogP) is 5.20. The fraction of sp³-hybridized carbons (Fsp3) is 0.500. The third kappa shape index (κ3) is 5.16. The summed E-state index contributed by atoms with van der Waals surface area (Å²) in [6.07, 6.45) is 22.0. The maximum Gasteiger partial charge on any atom is -0.0136 e. The number of hydrogen-bond donors (Lipinski definition) is 0.